The van der Waals surface area contributed by atoms with Crippen LogP contribution in [0.4, 0.5) is 0 Å². The lowest BCUT2D eigenvalue weighted by atomic mass is 9.92. The molecule has 0 aliphatic heterocycles. The summed E-state index contributed by atoms with van der Waals surface area (Å²) >= 11 is 0. The zero-order chi connectivity index (χ0) is 9.80. The van der Waals surface area contributed by atoms with E-state index in [1.54, 1.807) is 0 Å². The molecule has 0 spiro atoms. The largest absolute Gasteiger partial charge is 0.327 e. The van der Waals surface area contributed by atoms with Crippen molar-refractivity contribution in [1.82, 2.24) is 0 Å². The summed E-state index contributed by atoms with van der Waals surface area (Å²) < 4.78 is 0. The monoisotopic (exact) mass is 195 g/mol. The van der Waals surface area contributed by atoms with E-state index in [9.17, 15) is 0 Å². The van der Waals surface area contributed by atoms with E-state index in [-0.39, 0.29) is 0 Å². The van der Waals surface area contributed by atoms with Gasteiger partial charge in [0.1, 0.15) is 0 Å². The van der Waals surface area contributed by atoms with Gasteiger partial charge in [-0.2, -0.15) is 0 Å². The van der Waals surface area contributed by atoms with Crippen LogP contribution in [0.1, 0.15) is 64.2 Å². The van der Waals surface area contributed by atoms with Gasteiger partial charge in [-0.15, -0.1) is 0 Å². The molecule has 0 aromatic carbocycles. The Morgan fingerprint density at radius 3 is 2.14 bits per heavy atom. The third-order valence-corrected chi connectivity index (χ3v) is 4.11. The summed E-state index contributed by atoms with van der Waals surface area (Å²) in [5, 5.41) is 0. The normalized spacial score (nSPS) is 27.2. The summed E-state index contributed by atoms with van der Waals surface area (Å²) in [7, 11) is 0. The molecule has 1 heteroatoms. The highest BCUT2D eigenvalue weighted by Crippen LogP contribution is 2.35. The highest BCUT2D eigenvalue weighted by Gasteiger charge is 2.28. The van der Waals surface area contributed by atoms with Gasteiger partial charge >= 0.3 is 0 Å². The Bertz CT molecular complexity index is 155. The van der Waals surface area contributed by atoms with E-state index >= 15 is 0 Å². The Morgan fingerprint density at radius 2 is 1.57 bits per heavy atom. The Hall–Kier alpha value is -0.0400. The van der Waals surface area contributed by atoms with Gasteiger partial charge < -0.3 is 5.73 Å². The van der Waals surface area contributed by atoms with Gasteiger partial charge in [-0.1, -0.05) is 38.5 Å². The topological polar surface area (TPSA) is 26.0 Å². The molecule has 14 heavy (non-hydrogen) atoms. The fourth-order valence-electron chi connectivity index (χ4n) is 2.84. The molecule has 0 aromatic rings. The molecular weight excluding hydrogens is 170 g/mol. The van der Waals surface area contributed by atoms with Gasteiger partial charge in [-0.25, -0.2) is 0 Å². The molecular formula is C13H25N. The maximum Gasteiger partial charge on any atom is 0.00672 e. The minimum atomic E-state index is 0.540. The maximum absolute atomic E-state index is 6.14. The average molecular weight is 195 g/mol. The van der Waals surface area contributed by atoms with Gasteiger partial charge in [0, 0.05) is 6.04 Å². The van der Waals surface area contributed by atoms with Crippen molar-refractivity contribution in [1.29, 1.82) is 0 Å². The molecule has 2 saturated carbocycles. The molecule has 0 bridgehead atoms. The first-order valence-electron chi connectivity index (χ1n) is 6.62. The summed E-state index contributed by atoms with van der Waals surface area (Å²) in [6.07, 6.45) is 14.4. The molecule has 0 heterocycles. The number of rotatable bonds is 4. The predicted octanol–water partition coefficient (Wildman–Crippen LogP) is 3.47. The maximum atomic E-state index is 6.14. The van der Waals surface area contributed by atoms with Crippen LogP contribution >= 0.6 is 0 Å². The van der Waals surface area contributed by atoms with Crippen LogP contribution in [0.2, 0.25) is 0 Å². The number of hydrogen-bond acceptors (Lipinski definition) is 1. The van der Waals surface area contributed by atoms with Crippen molar-refractivity contribution in [2.75, 3.05) is 0 Å². The second-order valence-corrected chi connectivity index (χ2v) is 5.44. The van der Waals surface area contributed by atoms with Crippen LogP contribution in [0.15, 0.2) is 0 Å². The van der Waals surface area contributed by atoms with Crippen molar-refractivity contribution in [2.24, 2.45) is 17.6 Å². The Morgan fingerprint density at radius 1 is 0.929 bits per heavy atom. The standard InChI is InChI=1S/C13H25N/c14-13(12-8-9-12)10-7-11-5-3-1-2-4-6-11/h11-13H,1-10,14H2. The predicted molar refractivity (Wildman–Crippen MR) is 61.1 cm³/mol. The van der Waals surface area contributed by atoms with Gasteiger partial charge in [-0.3, -0.25) is 0 Å². The molecule has 2 N–H and O–H groups in total. The highest BCUT2D eigenvalue weighted by molar-refractivity contribution is 4.84. The summed E-state index contributed by atoms with van der Waals surface area (Å²) in [6.45, 7) is 0. The molecule has 0 amide bonds. The molecule has 2 rings (SSSR count). The van der Waals surface area contributed by atoms with Crippen LogP contribution in [-0.4, -0.2) is 6.04 Å². The first kappa shape index (κ1) is 10.5. The van der Waals surface area contributed by atoms with Gasteiger partial charge in [-0.05, 0) is 37.5 Å². The van der Waals surface area contributed by atoms with Crippen molar-refractivity contribution in [2.45, 2.75) is 70.3 Å². The Labute approximate surface area is 88.4 Å². The van der Waals surface area contributed by atoms with E-state index in [2.05, 4.69) is 0 Å². The molecule has 0 aromatic heterocycles. The molecule has 1 unspecified atom stereocenters. The van der Waals surface area contributed by atoms with Crippen LogP contribution in [0, 0.1) is 11.8 Å². The van der Waals surface area contributed by atoms with Gasteiger partial charge in [0.25, 0.3) is 0 Å². The summed E-state index contributed by atoms with van der Waals surface area (Å²) in [5.74, 6) is 1.92. The summed E-state index contributed by atoms with van der Waals surface area (Å²) in [6, 6.07) is 0.540. The smallest absolute Gasteiger partial charge is 0.00672 e. The molecule has 82 valence electrons. The molecule has 2 aliphatic rings. The number of nitrogens with two attached hydrogens (primary N) is 1. The van der Waals surface area contributed by atoms with E-state index in [1.807, 2.05) is 0 Å². The zero-order valence-corrected chi connectivity index (χ0v) is 9.38. The van der Waals surface area contributed by atoms with E-state index in [4.69, 9.17) is 5.73 Å². The fourth-order valence-corrected chi connectivity index (χ4v) is 2.84. The molecule has 0 saturated heterocycles. The van der Waals surface area contributed by atoms with Gasteiger partial charge in [0.15, 0.2) is 0 Å². The Kier molecular flexibility index (Phi) is 3.86. The molecule has 1 atom stereocenters. The highest BCUT2D eigenvalue weighted by atomic mass is 14.7. The molecule has 0 radical (unpaired) electrons. The average Bonchev–Trinajstić information content (AvgIpc) is 3.01. The Balaban J connectivity index is 1.62. The third-order valence-electron chi connectivity index (χ3n) is 4.11. The lowest BCUT2D eigenvalue weighted by Crippen LogP contribution is -2.23. The van der Waals surface area contributed by atoms with Crippen molar-refractivity contribution in [3.05, 3.63) is 0 Å². The van der Waals surface area contributed by atoms with Gasteiger partial charge in [0.05, 0.1) is 0 Å². The van der Waals surface area contributed by atoms with Crippen LogP contribution in [-0.2, 0) is 0 Å². The summed E-state index contributed by atoms with van der Waals surface area (Å²) in [5.41, 5.74) is 6.14. The van der Waals surface area contributed by atoms with E-state index in [0.717, 1.165) is 11.8 Å². The van der Waals surface area contributed by atoms with Crippen LogP contribution in [0.3, 0.4) is 0 Å². The van der Waals surface area contributed by atoms with Crippen molar-refractivity contribution in [3.8, 4) is 0 Å². The van der Waals surface area contributed by atoms with Crippen molar-refractivity contribution in [3.63, 3.8) is 0 Å². The zero-order valence-electron chi connectivity index (χ0n) is 9.38. The van der Waals surface area contributed by atoms with Crippen LogP contribution < -0.4 is 5.73 Å². The lowest BCUT2D eigenvalue weighted by Gasteiger charge is -2.16. The minimum Gasteiger partial charge on any atom is -0.327 e. The van der Waals surface area contributed by atoms with Crippen molar-refractivity contribution >= 4 is 0 Å². The van der Waals surface area contributed by atoms with Gasteiger partial charge in [0.2, 0.25) is 0 Å². The molecule has 1 nitrogen and oxygen atoms in total. The number of hydrogen-bond donors (Lipinski definition) is 1. The minimum absolute atomic E-state index is 0.540. The van der Waals surface area contributed by atoms with Crippen LogP contribution in [0.5, 0.6) is 0 Å². The van der Waals surface area contributed by atoms with E-state index < -0.39 is 0 Å². The quantitative estimate of drug-likeness (QED) is 0.683. The van der Waals surface area contributed by atoms with E-state index in [0.29, 0.717) is 6.04 Å². The molecule has 2 aliphatic carbocycles. The second-order valence-electron chi connectivity index (χ2n) is 5.44. The first-order chi connectivity index (χ1) is 6.86. The summed E-state index contributed by atoms with van der Waals surface area (Å²) in [4.78, 5) is 0. The third kappa shape index (κ3) is 3.27. The van der Waals surface area contributed by atoms with Crippen LogP contribution in [0.25, 0.3) is 0 Å². The lowest BCUT2D eigenvalue weighted by molar-refractivity contribution is 0.384. The second kappa shape index (κ2) is 5.16. The molecule has 2 fully saturated rings. The SMILES string of the molecule is NC(CCC1CCCCCC1)C1CC1. The first-order valence-corrected chi connectivity index (χ1v) is 6.62. The fraction of sp³-hybridized carbons (Fsp3) is 1.00. The van der Waals surface area contributed by atoms with E-state index in [1.165, 1.54) is 64.2 Å². The van der Waals surface area contributed by atoms with Crippen molar-refractivity contribution < 1.29 is 0 Å².